The van der Waals surface area contributed by atoms with Crippen molar-refractivity contribution in [2.75, 3.05) is 6.54 Å². The Labute approximate surface area is 109 Å². The normalized spacial score (nSPS) is 39.8. The van der Waals surface area contributed by atoms with Crippen LogP contribution in [0.3, 0.4) is 0 Å². The summed E-state index contributed by atoms with van der Waals surface area (Å²) in [7, 11) is 0. The molecule has 0 radical (unpaired) electrons. The zero-order valence-electron chi connectivity index (χ0n) is 11.8. The van der Waals surface area contributed by atoms with Gasteiger partial charge in [-0.25, -0.2) is 0 Å². The van der Waals surface area contributed by atoms with Gasteiger partial charge in [0, 0.05) is 6.54 Å². The number of nitrogens with zero attached hydrogens (tertiary/aromatic N) is 1. The molecular formula is C14H24N2O2. The summed E-state index contributed by atoms with van der Waals surface area (Å²) in [5.74, 6) is 1.40. The third-order valence-corrected chi connectivity index (χ3v) is 4.61. The predicted octanol–water partition coefficient (Wildman–Crippen LogP) is 1.55. The van der Waals surface area contributed by atoms with Crippen LogP contribution >= 0.6 is 0 Å². The van der Waals surface area contributed by atoms with Gasteiger partial charge in [0.05, 0.1) is 0 Å². The van der Waals surface area contributed by atoms with Crippen LogP contribution in [0.5, 0.6) is 0 Å². The summed E-state index contributed by atoms with van der Waals surface area (Å²) < 4.78 is 0. The molecule has 1 N–H and O–H groups in total. The lowest BCUT2D eigenvalue weighted by atomic mass is 9.91. The summed E-state index contributed by atoms with van der Waals surface area (Å²) in [5.41, 5.74) is -0.707. The molecule has 0 aromatic heterocycles. The highest BCUT2D eigenvalue weighted by molar-refractivity contribution is 5.99. The molecule has 4 heteroatoms. The van der Waals surface area contributed by atoms with Crippen LogP contribution in [0.2, 0.25) is 0 Å². The van der Waals surface area contributed by atoms with Crippen molar-refractivity contribution in [3.8, 4) is 0 Å². The summed E-state index contributed by atoms with van der Waals surface area (Å²) in [6, 6.07) is -0.273. The Bertz CT molecular complexity index is 369. The van der Waals surface area contributed by atoms with Gasteiger partial charge in [-0.2, -0.15) is 0 Å². The van der Waals surface area contributed by atoms with E-state index in [1.165, 1.54) is 6.42 Å². The molecule has 2 amide bonds. The van der Waals surface area contributed by atoms with Crippen LogP contribution in [0.4, 0.5) is 0 Å². The van der Waals surface area contributed by atoms with Crippen molar-refractivity contribution in [2.45, 2.75) is 58.5 Å². The third kappa shape index (κ3) is 2.13. The number of carbonyl (C=O) groups is 2. The number of hydrogen-bond acceptors (Lipinski definition) is 2. The summed E-state index contributed by atoms with van der Waals surface area (Å²) in [6.07, 6.45) is 2.52. The van der Waals surface area contributed by atoms with Crippen LogP contribution in [-0.2, 0) is 9.59 Å². The van der Waals surface area contributed by atoms with Crippen LogP contribution < -0.4 is 5.32 Å². The topological polar surface area (TPSA) is 49.4 Å². The smallest absolute Gasteiger partial charge is 0.248 e. The van der Waals surface area contributed by atoms with Crippen LogP contribution in [0.15, 0.2) is 0 Å². The minimum atomic E-state index is -0.707. The Morgan fingerprint density at radius 3 is 2.44 bits per heavy atom. The lowest BCUT2D eigenvalue weighted by molar-refractivity contribution is -0.154. The second kappa shape index (κ2) is 4.56. The van der Waals surface area contributed by atoms with Crippen molar-refractivity contribution in [1.29, 1.82) is 0 Å². The van der Waals surface area contributed by atoms with E-state index >= 15 is 0 Å². The molecule has 1 aliphatic heterocycles. The van der Waals surface area contributed by atoms with Gasteiger partial charge < -0.3 is 10.2 Å². The van der Waals surface area contributed by atoms with Gasteiger partial charge in [-0.3, -0.25) is 9.59 Å². The zero-order valence-corrected chi connectivity index (χ0v) is 11.8. The average Bonchev–Trinajstić information content (AvgIpc) is 3.02. The van der Waals surface area contributed by atoms with E-state index in [9.17, 15) is 9.59 Å². The van der Waals surface area contributed by atoms with Crippen molar-refractivity contribution in [1.82, 2.24) is 10.2 Å². The van der Waals surface area contributed by atoms with Gasteiger partial charge in [-0.05, 0) is 38.0 Å². The molecule has 18 heavy (non-hydrogen) atoms. The van der Waals surface area contributed by atoms with Crippen molar-refractivity contribution in [3.63, 3.8) is 0 Å². The van der Waals surface area contributed by atoms with E-state index in [0.29, 0.717) is 24.7 Å². The summed E-state index contributed by atoms with van der Waals surface area (Å²) in [5, 5.41) is 2.90. The second-order valence-electron chi connectivity index (χ2n) is 6.03. The fourth-order valence-corrected chi connectivity index (χ4v) is 2.77. The molecule has 4 unspecified atom stereocenters. The number of hydrogen-bond donors (Lipinski definition) is 1. The average molecular weight is 252 g/mol. The van der Waals surface area contributed by atoms with Crippen molar-refractivity contribution < 1.29 is 9.59 Å². The molecule has 0 bridgehead atoms. The molecule has 4 atom stereocenters. The van der Waals surface area contributed by atoms with E-state index in [1.54, 1.807) is 0 Å². The van der Waals surface area contributed by atoms with E-state index in [1.807, 2.05) is 25.7 Å². The highest BCUT2D eigenvalue weighted by Gasteiger charge is 2.48. The molecule has 1 heterocycles. The van der Waals surface area contributed by atoms with Crippen LogP contribution in [-0.4, -0.2) is 34.8 Å². The van der Waals surface area contributed by atoms with Gasteiger partial charge >= 0.3 is 0 Å². The maximum Gasteiger partial charge on any atom is 0.248 e. The zero-order chi connectivity index (χ0) is 13.5. The Hall–Kier alpha value is -1.06. The van der Waals surface area contributed by atoms with Crippen molar-refractivity contribution in [3.05, 3.63) is 0 Å². The van der Waals surface area contributed by atoms with E-state index in [0.717, 1.165) is 6.54 Å². The highest BCUT2D eigenvalue weighted by atomic mass is 16.2. The summed E-state index contributed by atoms with van der Waals surface area (Å²) in [6.45, 7) is 8.71. The predicted molar refractivity (Wildman–Crippen MR) is 69.9 cm³/mol. The van der Waals surface area contributed by atoms with Gasteiger partial charge in [-0.15, -0.1) is 0 Å². The molecule has 1 saturated carbocycles. The van der Waals surface area contributed by atoms with Gasteiger partial charge in [0.15, 0.2) is 0 Å². The van der Waals surface area contributed by atoms with E-state index < -0.39 is 5.54 Å². The Morgan fingerprint density at radius 1 is 1.39 bits per heavy atom. The standard InChI is InChI=1S/C14H24N2O2/c1-5-11-12(17)15-14(4,6-2)13(18)16(11)8-10-7-9(10)3/h9-11H,5-8H2,1-4H3,(H,15,17). The maximum absolute atomic E-state index is 12.6. The minimum absolute atomic E-state index is 0.00903. The van der Waals surface area contributed by atoms with E-state index in [4.69, 9.17) is 0 Å². The first-order valence-corrected chi connectivity index (χ1v) is 7.06. The quantitative estimate of drug-likeness (QED) is 0.825. The number of piperazine rings is 1. The lowest BCUT2D eigenvalue weighted by Gasteiger charge is -2.44. The summed E-state index contributed by atoms with van der Waals surface area (Å²) in [4.78, 5) is 26.5. The number of carbonyl (C=O) groups excluding carboxylic acids is 2. The van der Waals surface area contributed by atoms with E-state index in [2.05, 4.69) is 12.2 Å². The van der Waals surface area contributed by atoms with Gasteiger partial charge in [0.2, 0.25) is 11.8 Å². The van der Waals surface area contributed by atoms with Gasteiger partial charge in [0.25, 0.3) is 0 Å². The largest absolute Gasteiger partial charge is 0.340 e. The first kappa shape index (κ1) is 13.4. The molecule has 1 saturated heterocycles. The lowest BCUT2D eigenvalue weighted by Crippen LogP contribution is -2.69. The molecule has 2 aliphatic rings. The van der Waals surface area contributed by atoms with Crippen LogP contribution in [0.25, 0.3) is 0 Å². The number of rotatable bonds is 4. The molecule has 4 nitrogen and oxygen atoms in total. The maximum atomic E-state index is 12.6. The van der Waals surface area contributed by atoms with E-state index in [-0.39, 0.29) is 17.9 Å². The fraction of sp³-hybridized carbons (Fsp3) is 0.857. The molecule has 0 aromatic rings. The molecule has 102 valence electrons. The monoisotopic (exact) mass is 252 g/mol. The molecule has 1 aliphatic carbocycles. The third-order valence-electron chi connectivity index (χ3n) is 4.61. The SMILES string of the molecule is CCC1C(=O)NC(C)(CC)C(=O)N1CC1CC1C. The molecule has 2 fully saturated rings. The van der Waals surface area contributed by atoms with Crippen molar-refractivity contribution >= 4 is 11.8 Å². The Kier molecular flexibility index (Phi) is 3.39. The Morgan fingerprint density at radius 2 is 2.00 bits per heavy atom. The fourth-order valence-electron chi connectivity index (χ4n) is 2.77. The molecule has 2 rings (SSSR count). The second-order valence-corrected chi connectivity index (χ2v) is 6.03. The van der Waals surface area contributed by atoms with Gasteiger partial charge in [0.1, 0.15) is 11.6 Å². The van der Waals surface area contributed by atoms with Crippen LogP contribution in [0, 0.1) is 11.8 Å². The Balaban J connectivity index is 2.19. The first-order chi connectivity index (χ1) is 8.42. The highest BCUT2D eigenvalue weighted by Crippen LogP contribution is 2.39. The number of nitrogens with one attached hydrogen (secondary N) is 1. The molecule has 0 aromatic carbocycles. The molecular weight excluding hydrogens is 228 g/mol. The summed E-state index contributed by atoms with van der Waals surface area (Å²) >= 11 is 0. The molecule has 0 spiro atoms. The minimum Gasteiger partial charge on any atom is -0.340 e. The number of amides is 2. The van der Waals surface area contributed by atoms with Crippen LogP contribution in [0.1, 0.15) is 47.0 Å². The van der Waals surface area contributed by atoms with Gasteiger partial charge in [-0.1, -0.05) is 20.8 Å². The first-order valence-electron chi connectivity index (χ1n) is 7.06. The van der Waals surface area contributed by atoms with Crippen molar-refractivity contribution in [2.24, 2.45) is 11.8 Å².